The molecule has 0 radical (unpaired) electrons. The van der Waals surface area contributed by atoms with E-state index in [2.05, 4.69) is 5.32 Å². The molecular weight excluding hydrogens is 292 g/mol. The molecule has 21 heavy (non-hydrogen) atoms. The van der Waals surface area contributed by atoms with E-state index in [0.29, 0.717) is 12.8 Å². The van der Waals surface area contributed by atoms with Crippen molar-refractivity contribution < 1.29 is 13.3 Å². The lowest BCUT2D eigenvalue weighted by Gasteiger charge is -2.29. The second-order valence-corrected chi connectivity index (χ2v) is 7.51. The van der Waals surface area contributed by atoms with E-state index in [9.17, 15) is 18.5 Å². The van der Waals surface area contributed by atoms with Gasteiger partial charge in [-0.05, 0) is 31.9 Å². The van der Waals surface area contributed by atoms with E-state index in [1.807, 2.05) is 6.92 Å². The Kier molecular flexibility index (Phi) is 4.95. The maximum atomic E-state index is 12.7. The van der Waals surface area contributed by atoms with Crippen LogP contribution in [0.25, 0.3) is 0 Å². The lowest BCUT2D eigenvalue weighted by Crippen LogP contribution is -2.39. The van der Waals surface area contributed by atoms with Crippen molar-refractivity contribution in [3.63, 3.8) is 0 Å². The Hall–Kier alpha value is -1.47. The predicted molar refractivity (Wildman–Crippen MR) is 80.0 cm³/mol. The van der Waals surface area contributed by atoms with Crippen LogP contribution < -0.4 is 5.32 Å². The molecule has 2 atom stereocenters. The van der Waals surface area contributed by atoms with Crippen molar-refractivity contribution in [2.45, 2.75) is 48.8 Å². The van der Waals surface area contributed by atoms with Crippen molar-refractivity contribution in [3.05, 3.63) is 34.4 Å². The molecule has 0 saturated heterocycles. The van der Waals surface area contributed by atoms with E-state index < -0.39 is 20.0 Å². The molecule has 0 amide bonds. The quantitative estimate of drug-likeness (QED) is 0.665. The Morgan fingerprint density at radius 3 is 2.71 bits per heavy atom. The number of hydrogen-bond donors (Lipinski definition) is 1. The Labute approximate surface area is 124 Å². The Balaban J connectivity index is 2.32. The van der Waals surface area contributed by atoms with Crippen molar-refractivity contribution >= 4 is 15.5 Å². The first-order chi connectivity index (χ1) is 9.96. The van der Waals surface area contributed by atoms with Crippen LogP contribution in [0, 0.1) is 10.1 Å². The number of para-hydroxylation sites is 1. The molecule has 0 heterocycles. The summed E-state index contributed by atoms with van der Waals surface area (Å²) in [7, 11) is -3.67. The molecule has 2 unspecified atom stereocenters. The van der Waals surface area contributed by atoms with Gasteiger partial charge in [0, 0.05) is 12.1 Å². The Bertz CT molecular complexity index is 613. The smallest absolute Gasteiger partial charge is 0.287 e. The van der Waals surface area contributed by atoms with Gasteiger partial charge in [0.2, 0.25) is 0 Å². The average molecular weight is 312 g/mol. The van der Waals surface area contributed by atoms with Gasteiger partial charge in [0.05, 0.1) is 10.2 Å². The molecule has 1 aliphatic carbocycles. The van der Waals surface area contributed by atoms with Gasteiger partial charge in [-0.3, -0.25) is 10.1 Å². The zero-order valence-corrected chi connectivity index (χ0v) is 12.8. The van der Waals surface area contributed by atoms with Crippen LogP contribution in [0.15, 0.2) is 29.2 Å². The van der Waals surface area contributed by atoms with Crippen molar-refractivity contribution in [2.24, 2.45) is 0 Å². The molecule has 1 aromatic rings. The van der Waals surface area contributed by atoms with E-state index in [4.69, 9.17) is 0 Å². The minimum absolute atomic E-state index is 0.155. The SMILES string of the molecule is CCNC1CCCC(S(=O)(=O)c2ccccc2[N+](=O)[O-])C1. The number of nitrogens with zero attached hydrogens (tertiary/aromatic N) is 1. The number of hydrogen-bond acceptors (Lipinski definition) is 5. The molecule has 0 aliphatic heterocycles. The van der Waals surface area contributed by atoms with Crippen molar-refractivity contribution in [3.8, 4) is 0 Å². The van der Waals surface area contributed by atoms with Crippen molar-refractivity contribution in [1.82, 2.24) is 5.32 Å². The maximum Gasteiger partial charge on any atom is 0.287 e. The summed E-state index contributed by atoms with van der Waals surface area (Å²) in [6, 6.07) is 5.78. The lowest BCUT2D eigenvalue weighted by molar-refractivity contribution is -0.387. The van der Waals surface area contributed by atoms with Crippen LogP contribution in [0.2, 0.25) is 0 Å². The monoisotopic (exact) mass is 312 g/mol. The zero-order valence-electron chi connectivity index (χ0n) is 12.0. The second-order valence-electron chi connectivity index (χ2n) is 5.31. The van der Waals surface area contributed by atoms with Crippen LogP contribution in [-0.4, -0.2) is 31.2 Å². The number of rotatable bonds is 5. The molecule has 0 spiro atoms. The van der Waals surface area contributed by atoms with E-state index in [1.54, 1.807) is 0 Å². The van der Waals surface area contributed by atoms with Gasteiger partial charge < -0.3 is 5.32 Å². The van der Waals surface area contributed by atoms with E-state index in [1.165, 1.54) is 24.3 Å². The van der Waals surface area contributed by atoms with Crippen LogP contribution in [0.4, 0.5) is 5.69 Å². The highest BCUT2D eigenvalue weighted by Crippen LogP contribution is 2.33. The molecule has 1 aliphatic rings. The predicted octanol–water partition coefficient (Wildman–Crippen LogP) is 2.29. The summed E-state index contributed by atoms with van der Waals surface area (Å²) >= 11 is 0. The summed E-state index contributed by atoms with van der Waals surface area (Å²) in [5.41, 5.74) is -0.330. The fourth-order valence-corrected chi connectivity index (χ4v) is 4.95. The highest BCUT2D eigenvalue weighted by molar-refractivity contribution is 7.92. The number of nitrogens with one attached hydrogen (secondary N) is 1. The number of sulfone groups is 1. The van der Waals surface area contributed by atoms with Gasteiger partial charge in [-0.15, -0.1) is 0 Å². The highest BCUT2D eigenvalue weighted by Gasteiger charge is 2.36. The van der Waals surface area contributed by atoms with Gasteiger partial charge in [-0.2, -0.15) is 0 Å². The van der Waals surface area contributed by atoms with E-state index >= 15 is 0 Å². The van der Waals surface area contributed by atoms with Gasteiger partial charge in [0.15, 0.2) is 9.84 Å². The first kappa shape index (κ1) is 15.9. The molecule has 7 heteroatoms. The fourth-order valence-electron chi connectivity index (χ4n) is 2.93. The third-order valence-electron chi connectivity index (χ3n) is 3.93. The third kappa shape index (κ3) is 3.41. The fraction of sp³-hybridized carbons (Fsp3) is 0.571. The van der Waals surface area contributed by atoms with Gasteiger partial charge in [-0.1, -0.05) is 25.5 Å². The summed E-state index contributed by atoms with van der Waals surface area (Å²) in [5, 5.41) is 13.8. The second kappa shape index (κ2) is 6.53. The summed E-state index contributed by atoms with van der Waals surface area (Å²) in [4.78, 5) is 10.3. The number of nitro benzene ring substituents is 1. The summed E-state index contributed by atoms with van der Waals surface area (Å²) in [5.74, 6) is 0. The van der Waals surface area contributed by atoms with Gasteiger partial charge in [0.1, 0.15) is 4.90 Å². The maximum absolute atomic E-state index is 12.7. The highest BCUT2D eigenvalue weighted by atomic mass is 32.2. The topological polar surface area (TPSA) is 89.3 Å². The molecule has 2 rings (SSSR count). The normalized spacial score (nSPS) is 22.9. The standard InChI is InChI=1S/C14H20N2O4S/c1-2-15-11-6-5-7-12(10-11)21(19,20)14-9-4-3-8-13(14)16(17)18/h3-4,8-9,11-12,15H,2,5-7,10H2,1H3. The molecular formula is C14H20N2O4S. The van der Waals surface area contributed by atoms with Crippen molar-refractivity contribution in [2.75, 3.05) is 6.54 Å². The largest absolute Gasteiger partial charge is 0.314 e. The van der Waals surface area contributed by atoms with Crippen LogP contribution in [0.3, 0.4) is 0 Å². The average Bonchev–Trinajstić information content (AvgIpc) is 2.48. The lowest BCUT2D eigenvalue weighted by atomic mass is 9.95. The molecule has 6 nitrogen and oxygen atoms in total. The zero-order chi connectivity index (χ0) is 15.5. The van der Waals surface area contributed by atoms with Crippen LogP contribution in [0.1, 0.15) is 32.6 Å². The molecule has 1 saturated carbocycles. The third-order valence-corrected chi connectivity index (χ3v) is 6.19. The summed E-state index contributed by atoms with van der Waals surface area (Å²) in [6.07, 6.45) is 2.86. The van der Waals surface area contributed by atoms with E-state index in [0.717, 1.165) is 19.4 Å². The minimum atomic E-state index is -3.67. The minimum Gasteiger partial charge on any atom is -0.314 e. The van der Waals surface area contributed by atoms with Gasteiger partial charge >= 0.3 is 0 Å². The van der Waals surface area contributed by atoms with Crippen LogP contribution in [-0.2, 0) is 9.84 Å². The summed E-state index contributed by atoms with van der Waals surface area (Å²) in [6.45, 7) is 2.78. The molecule has 0 aromatic heterocycles. The molecule has 1 N–H and O–H groups in total. The first-order valence-electron chi connectivity index (χ1n) is 7.17. The summed E-state index contributed by atoms with van der Waals surface area (Å²) < 4.78 is 25.5. The molecule has 1 aromatic carbocycles. The number of benzene rings is 1. The first-order valence-corrected chi connectivity index (χ1v) is 8.72. The Morgan fingerprint density at radius 2 is 2.05 bits per heavy atom. The molecule has 1 fully saturated rings. The van der Waals surface area contributed by atoms with E-state index in [-0.39, 0.29) is 16.6 Å². The molecule has 116 valence electrons. The van der Waals surface area contributed by atoms with Gasteiger partial charge in [-0.25, -0.2) is 8.42 Å². The molecule has 0 bridgehead atoms. The van der Waals surface area contributed by atoms with Gasteiger partial charge in [0.25, 0.3) is 5.69 Å². The van der Waals surface area contributed by atoms with Crippen LogP contribution >= 0.6 is 0 Å². The number of nitro groups is 1. The Morgan fingerprint density at radius 1 is 1.33 bits per heavy atom. The van der Waals surface area contributed by atoms with Crippen LogP contribution in [0.5, 0.6) is 0 Å². The van der Waals surface area contributed by atoms with Crippen molar-refractivity contribution in [1.29, 1.82) is 0 Å².